The Morgan fingerprint density at radius 2 is 2.12 bits per heavy atom. The van der Waals surface area contributed by atoms with E-state index in [9.17, 15) is 9.59 Å². The maximum atomic E-state index is 11.9. The van der Waals surface area contributed by atoms with Crippen LogP contribution in [0.4, 0.5) is 0 Å². The molecule has 84 valence electrons. The van der Waals surface area contributed by atoms with Gasteiger partial charge in [-0.2, -0.15) is 0 Å². The van der Waals surface area contributed by atoms with Crippen molar-refractivity contribution in [2.45, 2.75) is 4.83 Å². The summed E-state index contributed by atoms with van der Waals surface area (Å²) in [5.74, 6) is -0.997. The first kappa shape index (κ1) is 11.6. The average Bonchev–Trinajstić information content (AvgIpc) is 2.63. The van der Waals surface area contributed by atoms with Crippen LogP contribution in [-0.4, -0.2) is 20.6 Å². The Hall–Kier alpha value is -0.880. The molecule has 0 aliphatic heterocycles. The largest absolute Gasteiger partial charge is 0.426 e. The van der Waals surface area contributed by atoms with Crippen LogP contribution in [0.25, 0.3) is 11.1 Å². The minimum atomic E-state index is -0.656. The molecule has 0 fully saturated rings. The van der Waals surface area contributed by atoms with Crippen LogP contribution in [-0.2, 0) is 0 Å². The van der Waals surface area contributed by atoms with E-state index in [0.717, 1.165) is 4.57 Å². The van der Waals surface area contributed by atoms with E-state index < -0.39 is 10.6 Å². The van der Waals surface area contributed by atoms with Crippen molar-refractivity contribution in [1.29, 1.82) is 0 Å². The summed E-state index contributed by atoms with van der Waals surface area (Å²) >= 11 is 6.36. The summed E-state index contributed by atoms with van der Waals surface area (Å²) in [6, 6.07) is 6.82. The van der Waals surface area contributed by atoms with E-state index in [4.69, 9.17) is 4.42 Å². The summed E-state index contributed by atoms with van der Waals surface area (Å²) in [5.41, 5.74) is 0.901. The highest BCUT2D eigenvalue weighted by atomic mass is 79.9. The summed E-state index contributed by atoms with van der Waals surface area (Å²) in [4.78, 5) is 23.0. The number of fused-ring (bicyclic) bond motifs is 1. The van der Waals surface area contributed by atoms with Gasteiger partial charge in [0.1, 0.15) is 4.83 Å². The summed E-state index contributed by atoms with van der Waals surface area (Å²) in [5, 5.41) is 0.428. The predicted molar refractivity (Wildman–Crippen MR) is 67.6 cm³/mol. The Kier molecular flexibility index (Phi) is 3.30. The van der Waals surface area contributed by atoms with Gasteiger partial charge in [0.15, 0.2) is 5.58 Å². The molecule has 1 heterocycles. The summed E-state index contributed by atoms with van der Waals surface area (Å²) < 4.78 is 6.00. The molecule has 1 atom stereocenters. The van der Waals surface area contributed by atoms with Gasteiger partial charge in [-0.25, -0.2) is 9.36 Å². The minimum absolute atomic E-state index is 0.341. The molecule has 0 aliphatic carbocycles. The number of nitrogens with zero attached hydrogens (tertiary/aromatic N) is 1. The number of alkyl halides is 2. The van der Waals surface area contributed by atoms with Gasteiger partial charge in [-0.1, -0.05) is 44.0 Å². The number of carbonyl (C=O) groups is 1. The number of halogens is 2. The molecule has 16 heavy (non-hydrogen) atoms. The minimum Gasteiger partial charge on any atom is -0.407 e. The molecular formula is C10H7Br2NO3. The Morgan fingerprint density at radius 1 is 1.44 bits per heavy atom. The van der Waals surface area contributed by atoms with Crippen LogP contribution >= 0.6 is 31.9 Å². The van der Waals surface area contributed by atoms with Crippen LogP contribution in [0.2, 0.25) is 0 Å². The van der Waals surface area contributed by atoms with Crippen molar-refractivity contribution in [1.82, 2.24) is 4.57 Å². The molecule has 0 amide bonds. The lowest BCUT2D eigenvalue weighted by atomic mass is 10.3. The third-order valence-corrected chi connectivity index (χ3v) is 4.34. The average molecular weight is 349 g/mol. The number of oxazole rings is 1. The van der Waals surface area contributed by atoms with Crippen molar-refractivity contribution < 1.29 is 9.21 Å². The topological polar surface area (TPSA) is 52.2 Å². The van der Waals surface area contributed by atoms with Crippen LogP contribution in [0.3, 0.4) is 0 Å². The van der Waals surface area contributed by atoms with Crippen LogP contribution in [0.5, 0.6) is 0 Å². The highest BCUT2D eigenvalue weighted by molar-refractivity contribution is 9.12. The fraction of sp³-hybridized carbons (Fsp3) is 0.200. The van der Waals surface area contributed by atoms with Gasteiger partial charge in [0, 0.05) is 5.33 Å². The monoisotopic (exact) mass is 347 g/mol. The molecule has 4 nitrogen and oxygen atoms in total. The molecule has 0 bridgehead atoms. The summed E-state index contributed by atoms with van der Waals surface area (Å²) in [7, 11) is 0. The lowest BCUT2D eigenvalue weighted by molar-refractivity contribution is 0.0915. The Bertz CT molecular complexity index is 587. The van der Waals surface area contributed by atoms with Crippen molar-refractivity contribution in [2.75, 3.05) is 5.33 Å². The highest BCUT2D eigenvalue weighted by Gasteiger charge is 2.21. The zero-order valence-corrected chi connectivity index (χ0v) is 11.2. The first-order valence-corrected chi connectivity index (χ1v) is 6.53. The molecule has 1 aromatic carbocycles. The maximum Gasteiger partial charge on any atom is 0.426 e. The summed E-state index contributed by atoms with van der Waals surface area (Å²) in [6.45, 7) is 0. The number of para-hydroxylation sites is 2. The van der Waals surface area contributed by atoms with Crippen molar-refractivity contribution in [3.05, 3.63) is 34.8 Å². The van der Waals surface area contributed by atoms with Gasteiger partial charge in [0.2, 0.25) is 0 Å². The second kappa shape index (κ2) is 4.55. The second-order valence-electron chi connectivity index (χ2n) is 3.13. The van der Waals surface area contributed by atoms with E-state index in [1.54, 1.807) is 24.3 Å². The first-order chi connectivity index (χ1) is 7.65. The van der Waals surface area contributed by atoms with Crippen LogP contribution in [0.1, 0.15) is 4.79 Å². The normalized spacial score (nSPS) is 12.9. The molecule has 1 aromatic heterocycles. The number of benzene rings is 1. The van der Waals surface area contributed by atoms with Crippen LogP contribution in [0.15, 0.2) is 33.5 Å². The Balaban J connectivity index is 2.64. The van der Waals surface area contributed by atoms with E-state index in [1.807, 2.05) is 0 Å². The fourth-order valence-electron chi connectivity index (χ4n) is 1.38. The first-order valence-electron chi connectivity index (χ1n) is 4.50. The summed E-state index contributed by atoms with van der Waals surface area (Å²) in [6.07, 6.45) is 0. The van der Waals surface area contributed by atoms with E-state index >= 15 is 0 Å². The van der Waals surface area contributed by atoms with Crippen LogP contribution in [0, 0.1) is 0 Å². The van der Waals surface area contributed by atoms with Gasteiger partial charge < -0.3 is 4.42 Å². The zero-order chi connectivity index (χ0) is 11.7. The van der Waals surface area contributed by atoms with E-state index in [0.29, 0.717) is 16.4 Å². The Morgan fingerprint density at radius 3 is 2.81 bits per heavy atom. The van der Waals surface area contributed by atoms with E-state index in [-0.39, 0.29) is 5.91 Å². The Labute approximate surface area is 107 Å². The lowest BCUT2D eigenvalue weighted by Gasteiger charge is -2.04. The van der Waals surface area contributed by atoms with Gasteiger partial charge in [-0.15, -0.1) is 0 Å². The predicted octanol–water partition coefficient (Wildman–Crippen LogP) is 2.39. The number of aromatic nitrogens is 1. The van der Waals surface area contributed by atoms with Crippen LogP contribution < -0.4 is 5.76 Å². The van der Waals surface area contributed by atoms with Gasteiger partial charge in [-0.05, 0) is 12.1 Å². The molecule has 0 spiro atoms. The maximum absolute atomic E-state index is 11.9. The van der Waals surface area contributed by atoms with Crippen molar-refractivity contribution >= 4 is 48.9 Å². The third kappa shape index (κ3) is 1.87. The molecule has 0 unspecified atom stereocenters. The van der Waals surface area contributed by atoms with E-state index in [2.05, 4.69) is 31.9 Å². The molecule has 0 saturated heterocycles. The number of carbonyl (C=O) groups excluding carboxylic acids is 1. The molecular weight excluding hydrogens is 342 g/mol. The smallest absolute Gasteiger partial charge is 0.407 e. The van der Waals surface area contributed by atoms with Gasteiger partial charge in [0.25, 0.3) is 5.91 Å². The van der Waals surface area contributed by atoms with Gasteiger partial charge in [0.05, 0.1) is 5.52 Å². The van der Waals surface area contributed by atoms with Gasteiger partial charge >= 0.3 is 5.76 Å². The number of hydrogen-bond acceptors (Lipinski definition) is 3. The second-order valence-corrected chi connectivity index (χ2v) is 4.88. The molecule has 0 saturated carbocycles. The van der Waals surface area contributed by atoms with E-state index in [1.165, 1.54) is 0 Å². The molecule has 0 aliphatic rings. The third-order valence-electron chi connectivity index (χ3n) is 2.11. The highest BCUT2D eigenvalue weighted by Crippen LogP contribution is 2.14. The molecule has 6 heteroatoms. The molecule has 2 aromatic rings. The fourth-order valence-corrected chi connectivity index (χ4v) is 1.86. The molecule has 0 N–H and O–H groups in total. The van der Waals surface area contributed by atoms with Crippen molar-refractivity contribution in [2.24, 2.45) is 0 Å². The van der Waals surface area contributed by atoms with Crippen molar-refractivity contribution in [3.8, 4) is 0 Å². The van der Waals surface area contributed by atoms with Gasteiger partial charge in [-0.3, -0.25) is 4.79 Å². The lowest BCUT2D eigenvalue weighted by Crippen LogP contribution is -2.30. The molecule has 0 radical (unpaired) electrons. The number of hydrogen-bond donors (Lipinski definition) is 0. The SMILES string of the molecule is O=C([C@H](Br)CBr)n1c(=O)oc2ccccc21. The quantitative estimate of drug-likeness (QED) is 0.783. The zero-order valence-electron chi connectivity index (χ0n) is 8.02. The standard InChI is InChI=1S/C10H7Br2NO3/c11-5-6(12)9(14)13-7-3-1-2-4-8(7)16-10(13)15/h1-4,6H,5H2/t6-/m1/s1. The van der Waals surface area contributed by atoms with Crippen molar-refractivity contribution in [3.63, 3.8) is 0 Å². The molecule has 2 rings (SSSR count). The number of rotatable bonds is 2.